The van der Waals surface area contributed by atoms with Crippen molar-refractivity contribution < 1.29 is 14.0 Å². The lowest BCUT2D eigenvalue weighted by molar-refractivity contribution is -0.138. The standard InChI is InChI=1S/C19H26FN3O2/c20-16-6-8-17(9-7-16)21-18(24)14-22-10-12-23(13-11-22)19(25)15-4-2-1-3-5-15/h6-9,15H,1-5,10-14H2,(H,21,24). The lowest BCUT2D eigenvalue weighted by Gasteiger charge is -2.36. The molecule has 0 unspecified atom stereocenters. The minimum absolute atomic E-state index is 0.112. The Balaban J connectivity index is 1.41. The number of piperazine rings is 1. The van der Waals surface area contributed by atoms with E-state index < -0.39 is 0 Å². The maximum absolute atomic E-state index is 12.9. The van der Waals surface area contributed by atoms with Gasteiger partial charge in [-0.3, -0.25) is 14.5 Å². The molecule has 0 aromatic heterocycles. The van der Waals surface area contributed by atoms with Gasteiger partial charge in [0.25, 0.3) is 0 Å². The second-order valence-electron chi connectivity index (χ2n) is 6.99. The summed E-state index contributed by atoms with van der Waals surface area (Å²) in [6, 6.07) is 5.75. The summed E-state index contributed by atoms with van der Waals surface area (Å²) in [4.78, 5) is 28.7. The first-order chi connectivity index (χ1) is 12.1. The third-order valence-corrected chi connectivity index (χ3v) is 5.13. The fourth-order valence-electron chi connectivity index (χ4n) is 3.67. The number of hydrogen-bond acceptors (Lipinski definition) is 3. The molecule has 2 fully saturated rings. The molecule has 5 nitrogen and oxygen atoms in total. The zero-order chi connectivity index (χ0) is 17.6. The molecule has 2 amide bonds. The quantitative estimate of drug-likeness (QED) is 0.910. The number of hydrogen-bond donors (Lipinski definition) is 1. The molecule has 0 atom stereocenters. The van der Waals surface area contributed by atoms with Crippen LogP contribution < -0.4 is 5.32 Å². The van der Waals surface area contributed by atoms with E-state index >= 15 is 0 Å². The van der Waals surface area contributed by atoms with Gasteiger partial charge >= 0.3 is 0 Å². The number of halogens is 1. The molecule has 1 aliphatic heterocycles. The highest BCUT2D eigenvalue weighted by Crippen LogP contribution is 2.25. The van der Waals surface area contributed by atoms with Crippen LogP contribution in [0.2, 0.25) is 0 Å². The van der Waals surface area contributed by atoms with Crippen molar-refractivity contribution >= 4 is 17.5 Å². The van der Waals surface area contributed by atoms with Gasteiger partial charge in [-0.05, 0) is 37.1 Å². The minimum atomic E-state index is -0.322. The summed E-state index contributed by atoms with van der Waals surface area (Å²) in [7, 11) is 0. The van der Waals surface area contributed by atoms with E-state index in [9.17, 15) is 14.0 Å². The number of rotatable bonds is 4. The van der Waals surface area contributed by atoms with Crippen LogP contribution in [0, 0.1) is 11.7 Å². The second kappa shape index (κ2) is 8.43. The smallest absolute Gasteiger partial charge is 0.238 e. The Labute approximate surface area is 148 Å². The molecule has 1 heterocycles. The summed E-state index contributed by atoms with van der Waals surface area (Å²) < 4.78 is 12.9. The van der Waals surface area contributed by atoms with E-state index in [4.69, 9.17) is 0 Å². The highest BCUT2D eigenvalue weighted by atomic mass is 19.1. The summed E-state index contributed by atoms with van der Waals surface area (Å²) >= 11 is 0. The van der Waals surface area contributed by atoms with Crippen LogP contribution >= 0.6 is 0 Å². The van der Waals surface area contributed by atoms with E-state index in [2.05, 4.69) is 10.2 Å². The van der Waals surface area contributed by atoms with Gasteiger partial charge in [0.2, 0.25) is 11.8 Å². The molecule has 1 aromatic carbocycles. The van der Waals surface area contributed by atoms with Crippen LogP contribution in [0.15, 0.2) is 24.3 Å². The molecule has 2 aliphatic rings. The highest BCUT2D eigenvalue weighted by molar-refractivity contribution is 5.92. The van der Waals surface area contributed by atoms with Crippen molar-refractivity contribution in [2.24, 2.45) is 5.92 Å². The van der Waals surface area contributed by atoms with Crippen molar-refractivity contribution in [2.75, 3.05) is 38.0 Å². The number of benzene rings is 1. The molecule has 136 valence electrons. The van der Waals surface area contributed by atoms with Crippen molar-refractivity contribution in [1.82, 2.24) is 9.80 Å². The summed E-state index contributed by atoms with van der Waals surface area (Å²) in [5, 5.41) is 2.77. The lowest BCUT2D eigenvalue weighted by atomic mass is 9.88. The monoisotopic (exact) mass is 347 g/mol. The molecule has 1 aromatic rings. The third kappa shape index (κ3) is 5.01. The third-order valence-electron chi connectivity index (χ3n) is 5.13. The first kappa shape index (κ1) is 17.9. The van der Waals surface area contributed by atoms with Crippen LogP contribution in [0.1, 0.15) is 32.1 Å². The van der Waals surface area contributed by atoms with Gasteiger partial charge in [-0.1, -0.05) is 19.3 Å². The molecule has 1 saturated heterocycles. The lowest BCUT2D eigenvalue weighted by Crippen LogP contribution is -2.52. The van der Waals surface area contributed by atoms with Gasteiger partial charge in [0.1, 0.15) is 5.82 Å². The van der Waals surface area contributed by atoms with Crippen LogP contribution in [0.3, 0.4) is 0 Å². The van der Waals surface area contributed by atoms with Gasteiger partial charge in [0.05, 0.1) is 6.54 Å². The summed E-state index contributed by atoms with van der Waals surface area (Å²) in [6.07, 6.45) is 5.64. The summed E-state index contributed by atoms with van der Waals surface area (Å²) in [5.41, 5.74) is 0.595. The molecule has 0 bridgehead atoms. The number of nitrogens with one attached hydrogen (secondary N) is 1. The van der Waals surface area contributed by atoms with E-state index in [0.717, 1.165) is 25.9 Å². The zero-order valence-electron chi connectivity index (χ0n) is 14.5. The normalized spacial score (nSPS) is 19.6. The van der Waals surface area contributed by atoms with Gasteiger partial charge in [-0.15, -0.1) is 0 Å². The Morgan fingerprint density at radius 1 is 1.00 bits per heavy atom. The molecular weight excluding hydrogens is 321 g/mol. The van der Waals surface area contributed by atoms with E-state index in [1.54, 1.807) is 12.1 Å². The molecule has 1 N–H and O–H groups in total. The Kier molecular flexibility index (Phi) is 6.02. The van der Waals surface area contributed by atoms with Crippen LogP contribution in [0.25, 0.3) is 0 Å². The SMILES string of the molecule is O=C(CN1CCN(C(=O)C2CCCCC2)CC1)Nc1ccc(F)cc1. The Bertz CT molecular complexity index is 591. The summed E-state index contributed by atoms with van der Waals surface area (Å²) in [5.74, 6) is 0.0765. The van der Waals surface area contributed by atoms with Gasteiger partial charge in [-0.25, -0.2) is 4.39 Å². The van der Waals surface area contributed by atoms with E-state index in [1.165, 1.54) is 31.4 Å². The zero-order valence-corrected chi connectivity index (χ0v) is 14.5. The van der Waals surface area contributed by atoms with Gasteiger partial charge < -0.3 is 10.2 Å². The van der Waals surface area contributed by atoms with Gasteiger partial charge in [0.15, 0.2) is 0 Å². The fourth-order valence-corrected chi connectivity index (χ4v) is 3.67. The average molecular weight is 347 g/mol. The first-order valence-electron chi connectivity index (χ1n) is 9.18. The Hall–Kier alpha value is -1.95. The van der Waals surface area contributed by atoms with Crippen LogP contribution in [0.5, 0.6) is 0 Å². The average Bonchev–Trinajstić information content (AvgIpc) is 2.64. The number of amides is 2. The van der Waals surface area contributed by atoms with Gasteiger partial charge in [-0.2, -0.15) is 0 Å². The van der Waals surface area contributed by atoms with Crippen LogP contribution in [0.4, 0.5) is 10.1 Å². The first-order valence-corrected chi connectivity index (χ1v) is 9.18. The van der Waals surface area contributed by atoms with Crippen molar-refractivity contribution in [3.8, 4) is 0 Å². The van der Waals surface area contributed by atoms with Crippen molar-refractivity contribution in [1.29, 1.82) is 0 Å². The number of nitrogens with zero attached hydrogens (tertiary/aromatic N) is 2. The number of anilines is 1. The Morgan fingerprint density at radius 2 is 1.64 bits per heavy atom. The number of carbonyl (C=O) groups excluding carboxylic acids is 2. The Morgan fingerprint density at radius 3 is 2.28 bits per heavy atom. The predicted molar refractivity (Wildman–Crippen MR) is 94.6 cm³/mol. The second-order valence-corrected chi connectivity index (χ2v) is 6.99. The molecule has 25 heavy (non-hydrogen) atoms. The highest BCUT2D eigenvalue weighted by Gasteiger charge is 2.28. The maximum atomic E-state index is 12.9. The largest absolute Gasteiger partial charge is 0.340 e. The van der Waals surface area contributed by atoms with Crippen LogP contribution in [-0.4, -0.2) is 54.3 Å². The van der Waals surface area contributed by atoms with Gasteiger partial charge in [0, 0.05) is 37.8 Å². The van der Waals surface area contributed by atoms with Crippen molar-refractivity contribution in [3.05, 3.63) is 30.1 Å². The summed E-state index contributed by atoms with van der Waals surface area (Å²) in [6.45, 7) is 3.12. The maximum Gasteiger partial charge on any atom is 0.238 e. The van der Waals surface area contributed by atoms with Crippen LogP contribution in [-0.2, 0) is 9.59 Å². The molecule has 3 rings (SSSR count). The predicted octanol–water partition coefficient (Wildman–Crippen LogP) is 2.49. The van der Waals surface area contributed by atoms with E-state index in [1.807, 2.05) is 4.90 Å². The molecule has 6 heteroatoms. The van der Waals surface area contributed by atoms with E-state index in [-0.39, 0.29) is 17.6 Å². The fraction of sp³-hybridized carbons (Fsp3) is 0.579. The molecular formula is C19H26FN3O2. The number of carbonyl (C=O) groups is 2. The topological polar surface area (TPSA) is 52.7 Å². The molecule has 1 aliphatic carbocycles. The van der Waals surface area contributed by atoms with E-state index in [0.29, 0.717) is 31.2 Å². The van der Waals surface area contributed by atoms with Crippen molar-refractivity contribution in [2.45, 2.75) is 32.1 Å². The molecule has 1 saturated carbocycles. The van der Waals surface area contributed by atoms with Crippen molar-refractivity contribution in [3.63, 3.8) is 0 Å². The molecule has 0 radical (unpaired) electrons. The molecule has 0 spiro atoms. The minimum Gasteiger partial charge on any atom is -0.340 e.